The van der Waals surface area contributed by atoms with Crippen molar-refractivity contribution in [2.45, 2.75) is 142 Å². The molecule has 1 saturated heterocycles. The van der Waals surface area contributed by atoms with Crippen LogP contribution in [0.4, 0.5) is 10.5 Å². The first-order chi connectivity index (χ1) is 19.6. The van der Waals surface area contributed by atoms with Crippen LogP contribution in [0.1, 0.15) is 127 Å². The Bertz CT molecular complexity index is 1090. The van der Waals surface area contributed by atoms with Gasteiger partial charge in [0.1, 0.15) is 10.5 Å². The molecule has 0 aromatic carbocycles. The number of carbonyl (C=O) groups is 3. The summed E-state index contributed by atoms with van der Waals surface area (Å²) in [5.74, 6) is -0.281. The van der Waals surface area contributed by atoms with Crippen LogP contribution >= 0.6 is 11.3 Å². The lowest BCUT2D eigenvalue weighted by Gasteiger charge is -2.41. The second kappa shape index (κ2) is 13.2. The van der Waals surface area contributed by atoms with Crippen molar-refractivity contribution in [1.82, 2.24) is 4.90 Å². The molecule has 0 unspecified atom stereocenters. The van der Waals surface area contributed by atoms with E-state index in [2.05, 4.69) is 27.7 Å². The molecule has 3 fully saturated rings. The van der Waals surface area contributed by atoms with E-state index < -0.39 is 11.6 Å². The summed E-state index contributed by atoms with van der Waals surface area (Å²) in [6, 6.07) is 1.93. The standard InChI is InChI=1S/C33H52N2O6S/c1-21-8-10-22(11-9-21)29(36)35(26-20-27(32(2,3)4)42-28(26)30(37)38)23-12-14-24(15-13-23)40-25-16-18-34(19-17-25)31(39)41-33(5,6)7/h20-25H,8-19H2,1-7H3,(H,37,38)/t21-,22-,23-,24-. The van der Waals surface area contributed by atoms with Gasteiger partial charge in [-0.05, 0) is 102 Å². The number of ether oxygens (including phenoxy) is 2. The molecular weight excluding hydrogens is 552 g/mol. The summed E-state index contributed by atoms with van der Waals surface area (Å²) in [6.45, 7) is 15.4. The molecule has 8 nitrogen and oxygen atoms in total. The summed E-state index contributed by atoms with van der Waals surface area (Å²) >= 11 is 1.31. The fraction of sp³-hybridized carbons (Fsp3) is 0.788. The molecule has 1 aromatic rings. The quantitative estimate of drug-likeness (QED) is 0.359. The Labute approximate surface area is 256 Å². The highest BCUT2D eigenvalue weighted by atomic mass is 32.1. The molecule has 3 aliphatic rings. The average molecular weight is 605 g/mol. The SMILES string of the molecule is CC(C)(C)OC(=O)N1CCC(O[C@H]2CC[C@H](N(c3cc(C(C)(C)C)sc3C(=O)O)C(=O)[C@H]3CC[C@H](C)CC3)CC2)CC1. The fourth-order valence-corrected chi connectivity index (χ4v) is 7.54. The molecule has 0 spiro atoms. The van der Waals surface area contributed by atoms with Gasteiger partial charge in [0.05, 0.1) is 17.9 Å². The summed E-state index contributed by atoms with van der Waals surface area (Å²) < 4.78 is 12.0. The third kappa shape index (κ3) is 8.28. The Kier molecular flexibility index (Phi) is 10.3. The van der Waals surface area contributed by atoms with Gasteiger partial charge in [0.2, 0.25) is 5.91 Å². The van der Waals surface area contributed by atoms with Gasteiger partial charge in [-0.25, -0.2) is 9.59 Å². The second-order valence-electron chi connectivity index (χ2n) is 14.8. The molecule has 2 saturated carbocycles. The van der Waals surface area contributed by atoms with Crippen LogP contribution in [0.3, 0.4) is 0 Å². The first-order valence-corrected chi connectivity index (χ1v) is 16.8. The Morgan fingerprint density at radius 3 is 1.98 bits per heavy atom. The molecule has 236 valence electrons. The van der Waals surface area contributed by atoms with Crippen molar-refractivity contribution < 1.29 is 29.0 Å². The van der Waals surface area contributed by atoms with E-state index in [9.17, 15) is 19.5 Å². The average Bonchev–Trinajstić information content (AvgIpc) is 3.36. The van der Waals surface area contributed by atoms with Crippen LogP contribution in [0.5, 0.6) is 0 Å². The smallest absolute Gasteiger partial charge is 0.410 e. The molecule has 9 heteroatoms. The molecule has 1 aromatic heterocycles. The minimum atomic E-state index is -0.963. The van der Waals surface area contributed by atoms with E-state index in [1.807, 2.05) is 31.7 Å². The number of anilines is 1. The summed E-state index contributed by atoms with van der Waals surface area (Å²) in [4.78, 5) is 43.9. The third-order valence-electron chi connectivity index (χ3n) is 9.00. The van der Waals surface area contributed by atoms with Crippen molar-refractivity contribution in [1.29, 1.82) is 0 Å². The van der Waals surface area contributed by atoms with Gasteiger partial charge in [-0.1, -0.05) is 27.7 Å². The minimum absolute atomic E-state index is 0.0359. The number of nitrogens with zero attached hydrogens (tertiary/aromatic N) is 2. The van der Waals surface area contributed by atoms with Crippen molar-refractivity contribution >= 4 is 35.0 Å². The summed E-state index contributed by atoms with van der Waals surface area (Å²) in [6.07, 6.45) is 8.60. The van der Waals surface area contributed by atoms with E-state index in [1.54, 1.807) is 4.90 Å². The minimum Gasteiger partial charge on any atom is -0.477 e. The number of carboxylic acids is 1. The van der Waals surface area contributed by atoms with Crippen LogP contribution in [0.15, 0.2) is 6.07 Å². The number of hydrogen-bond donors (Lipinski definition) is 1. The van der Waals surface area contributed by atoms with Gasteiger partial charge in [0, 0.05) is 29.9 Å². The van der Waals surface area contributed by atoms with Gasteiger partial charge >= 0.3 is 12.1 Å². The topological polar surface area (TPSA) is 96.4 Å². The number of amides is 2. The number of likely N-dealkylation sites (tertiary alicyclic amines) is 1. The molecule has 0 atom stereocenters. The van der Waals surface area contributed by atoms with Crippen LogP contribution in [-0.2, 0) is 19.7 Å². The number of carbonyl (C=O) groups excluding carboxylic acids is 2. The molecule has 0 bridgehead atoms. The molecule has 42 heavy (non-hydrogen) atoms. The van der Waals surface area contributed by atoms with E-state index in [0.717, 1.165) is 69.1 Å². The highest BCUT2D eigenvalue weighted by Gasteiger charge is 2.39. The Hall–Kier alpha value is -2.13. The maximum absolute atomic E-state index is 14.2. The summed E-state index contributed by atoms with van der Waals surface area (Å²) in [5.41, 5.74) is -0.122. The zero-order chi connectivity index (χ0) is 30.8. The van der Waals surface area contributed by atoms with Crippen molar-refractivity contribution in [3.63, 3.8) is 0 Å². The maximum Gasteiger partial charge on any atom is 0.410 e. The molecule has 2 aliphatic carbocycles. The van der Waals surface area contributed by atoms with E-state index in [4.69, 9.17) is 9.47 Å². The van der Waals surface area contributed by atoms with Gasteiger partial charge in [-0.15, -0.1) is 11.3 Å². The lowest BCUT2D eigenvalue weighted by Crippen LogP contribution is -2.48. The van der Waals surface area contributed by atoms with Crippen molar-refractivity contribution in [3.8, 4) is 0 Å². The molecule has 4 rings (SSSR count). The van der Waals surface area contributed by atoms with Gasteiger partial charge in [-0.2, -0.15) is 0 Å². The van der Waals surface area contributed by atoms with Gasteiger partial charge in [0.25, 0.3) is 0 Å². The predicted octanol–water partition coefficient (Wildman–Crippen LogP) is 7.63. The number of hydrogen-bond acceptors (Lipinski definition) is 6. The molecule has 0 radical (unpaired) electrons. The monoisotopic (exact) mass is 604 g/mol. The zero-order valence-electron chi connectivity index (χ0n) is 26.7. The first kappa shape index (κ1) is 32.8. The summed E-state index contributed by atoms with van der Waals surface area (Å²) in [7, 11) is 0. The van der Waals surface area contributed by atoms with E-state index in [0.29, 0.717) is 24.7 Å². The number of thiophene rings is 1. The highest BCUT2D eigenvalue weighted by molar-refractivity contribution is 7.14. The van der Waals surface area contributed by atoms with Crippen LogP contribution in [-0.4, -0.2) is 64.9 Å². The fourth-order valence-electron chi connectivity index (χ4n) is 6.49. The lowest BCUT2D eigenvalue weighted by atomic mass is 9.81. The third-order valence-corrected chi connectivity index (χ3v) is 10.5. The molecule has 2 heterocycles. The summed E-state index contributed by atoms with van der Waals surface area (Å²) in [5, 5.41) is 10.2. The molecular formula is C33H52N2O6S. The van der Waals surface area contributed by atoms with Gasteiger partial charge < -0.3 is 24.4 Å². The number of rotatable bonds is 6. The molecule has 1 aliphatic heterocycles. The van der Waals surface area contributed by atoms with Crippen molar-refractivity contribution in [2.75, 3.05) is 18.0 Å². The number of carboxylic acid groups (broad SMARTS) is 1. The van der Waals surface area contributed by atoms with Crippen molar-refractivity contribution in [2.24, 2.45) is 11.8 Å². The molecule has 2 amide bonds. The van der Waals surface area contributed by atoms with E-state index in [1.165, 1.54) is 11.3 Å². The highest BCUT2D eigenvalue weighted by Crippen LogP contribution is 2.42. The Balaban J connectivity index is 1.43. The van der Waals surface area contributed by atoms with Gasteiger partial charge in [-0.3, -0.25) is 4.79 Å². The largest absolute Gasteiger partial charge is 0.477 e. The number of aromatic carboxylic acids is 1. The molecule has 1 N–H and O–H groups in total. The normalized spacial score (nSPS) is 26.1. The first-order valence-electron chi connectivity index (χ1n) is 16.0. The van der Waals surface area contributed by atoms with Crippen LogP contribution in [0.2, 0.25) is 0 Å². The van der Waals surface area contributed by atoms with Crippen LogP contribution in [0, 0.1) is 11.8 Å². The Morgan fingerprint density at radius 1 is 0.881 bits per heavy atom. The number of piperidine rings is 1. The van der Waals surface area contributed by atoms with E-state index in [-0.39, 0.29) is 46.5 Å². The zero-order valence-corrected chi connectivity index (χ0v) is 27.6. The van der Waals surface area contributed by atoms with Crippen LogP contribution < -0.4 is 4.90 Å². The Morgan fingerprint density at radius 2 is 1.45 bits per heavy atom. The van der Waals surface area contributed by atoms with Crippen molar-refractivity contribution in [3.05, 3.63) is 15.8 Å². The lowest BCUT2D eigenvalue weighted by molar-refractivity contribution is -0.124. The van der Waals surface area contributed by atoms with E-state index >= 15 is 0 Å². The predicted molar refractivity (Wildman–Crippen MR) is 167 cm³/mol. The van der Waals surface area contributed by atoms with Crippen LogP contribution in [0.25, 0.3) is 0 Å². The van der Waals surface area contributed by atoms with Gasteiger partial charge in [0.15, 0.2) is 0 Å². The second-order valence-corrected chi connectivity index (χ2v) is 15.8. The maximum atomic E-state index is 14.2.